The van der Waals surface area contributed by atoms with Gasteiger partial charge in [-0.25, -0.2) is 9.97 Å². The highest BCUT2D eigenvalue weighted by molar-refractivity contribution is 7.97. The molecule has 4 aromatic rings. The number of aromatic nitrogens is 3. The number of fused-ring (bicyclic) bond motifs is 1. The number of anilines is 3. The van der Waals surface area contributed by atoms with E-state index >= 15 is 0 Å². The third-order valence-corrected chi connectivity index (χ3v) is 5.70. The number of nitrogens with one attached hydrogen (secondary N) is 1. The highest BCUT2D eigenvalue weighted by atomic mass is 32.2. The van der Waals surface area contributed by atoms with Crippen LogP contribution in [0.3, 0.4) is 0 Å². The fourth-order valence-electron chi connectivity index (χ4n) is 3.56. The lowest BCUT2D eigenvalue weighted by atomic mass is 10.1. The third-order valence-electron chi connectivity index (χ3n) is 5.17. The van der Waals surface area contributed by atoms with Gasteiger partial charge in [-0.15, -0.1) is 0 Å². The van der Waals surface area contributed by atoms with E-state index in [0.717, 1.165) is 27.4 Å². The summed E-state index contributed by atoms with van der Waals surface area (Å²) >= 11 is 1.18. The lowest BCUT2D eigenvalue weighted by Gasteiger charge is -2.30. The SMILES string of the molecule is NSc1cccc(Nc2nccc(-c3ccc4c(c3)N(Cc3ccncc3)C(=O)CO4)n2)c1. The Bertz CT molecular complexity index is 1300. The van der Waals surface area contributed by atoms with Gasteiger partial charge in [0.25, 0.3) is 5.91 Å². The number of nitrogens with two attached hydrogens (primary N) is 1. The first kappa shape index (κ1) is 20.9. The second-order valence-electron chi connectivity index (χ2n) is 7.34. The number of amides is 1. The summed E-state index contributed by atoms with van der Waals surface area (Å²) in [6, 6.07) is 19.0. The highest BCUT2D eigenvalue weighted by Crippen LogP contribution is 2.36. The molecule has 0 bridgehead atoms. The quantitative estimate of drug-likeness (QED) is 0.416. The Morgan fingerprint density at radius 2 is 1.94 bits per heavy atom. The molecule has 33 heavy (non-hydrogen) atoms. The van der Waals surface area contributed by atoms with Gasteiger partial charge in [-0.1, -0.05) is 6.07 Å². The summed E-state index contributed by atoms with van der Waals surface area (Å²) in [5.74, 6) is 1.03. The summed E-state index contributed by atoms with van der Waals surface area (Å²) in [6.07, 6.45) is 5.13. The largest absolute Gasteiger partial charge is 0.482 e. The van der Waals surface area contributed by atoms with Crippen LogP contribution >= 0.6 is 11.9 Å². The molecule has 3 heterocycles. The molecule has 5 rings (SSSR count). The average Bonchev–Trinajstić information content (AvgIpc) is 2.86. The van der Waals surface area contributed by atoms with Gasteiger partial charge in [0.15, 0.2) is 6.61 Å². The molecule has 3 N–H and O–H groups in total. The van der Waals surface area contributed by atoms with Gasteiger partial charge in [0, 0.05) is 34.7 Å². The van der Waals surface area contributed by atoms with E-state index in [4.69, 9.17) is 9.88 Å². The number of rotatable bonds is 6. The molecule has 0 saturated carbocycles. The zero-order chi connectivity index (χ0) is 22.6. The number of hydrogen-bond donors (Lipinski definition) is 2. The van der Waals surface area contributed by atoms with Crippen LogP contribution in [0.1, 0.15) is 5.56 Å². The maximum atomic E-state index is 12.7. The van der Waals surface area contributed by atoms with Crippen LogP contribution in [0, 0.1) is 0 Å². The van der Waals surface area contributed by atoms with E-state index in [1.54, 1.807) is 23.5 Å². The second-order valence-corrected chi connectivity index (χ2v) is 8.05. The lowest BCUT2D eigenvalue weighted by molar-refractivity contribution is -0.121. The molecule has 2 aromatic heterocycles. The van der Waals surface area contributed by atoms with Crippen LogP contribution in [-0.4, -0.2) is 27.5 Å². The fourth-order valence-corrected chi connectivity index (χ4v) is 3.91. The first-order valence-corrected chi connectivity index (χ1v) is 11.1. The molecule has 1 aliphatic heterocycles. The van der Waals surface area contributed by atoms with Crippen LogP contribution in [-0.2, 0) is 11.3 Å². The van der Waals surface area contributed by atoms with Crippen molar-refractivity contribution in [1.82, 2.24) is 15.0 Å². The average molecular weight is 457 g/mol. The molecular formula is C24H20N6O2S. The lowest BCUT2D eigenvalue weighted by Crippen LogP contribution is -2.38. The monoisotopic (exact) mass is 456 g/mol. The van der Waals surface area contributed by atoms with Crippen molar-refractivity contribution in [2.24, 2.45) is 5.14 Å². The molecule has 0 spiro atoms. The van der Waals surface area contributed by atoms with Gasteiger partial charge in [-0.3, -0.25) is 14.9 Å². The van der Waals surface area contributed by atoms with Gasteiger partial charge >= 0.3 is 0 Å². The summed E-state index contributed by atoms with van der Waals surface area (Å²) in [5.41, 5.74) is 4.12. The van der Waals surface area contributed by atoms with Gasteiger partial charge in [0.1, 0.15) is 5.75 Å². The van der Waals surface area contributed by atoms with Crippen molar-refractivity contribution in [1.29, 1.82) is 0 Å². The number of benzene rings is 2. The van der Waals surface area contributed by atoms with E-state index in [0.29, 0.717) is 23.9 Å². The van der Waals surface area contributed by atoms with Gasteiger partial charge in [-0.2, -0.15) is 0 Å². The number of carbonyl (C=O) groups excluding carboxylic acids is 1. The van der Waals surface area contributed by atoms with E-state index in [-0.39, 0.29) is 12.5 Å². The third kappa shape index (κ3) is 4.64. The minimum atomic E-state index is -0.0980. The maximum Gasteiger partial charge on any atom is 0.265 e. The highest BCUT2D eigenvalue weighted by Gasteiger charge is 2.26. The summed E-state index contributed by atoms with van der Waals surface area (Å²) in [7, 11) is 0. The van der Waals surface area contributed by atoms with Gasteiger partial charge in [-0.05, 0) is 72.1 Å². The summed E-state index contributed by atoms with van der Waals surface area (Å²) in [5, 5.41) is 8.87. The first-order valence-electron chi connectivity index (χ1n) is 10.2. The Labute approximate surface area is 195 Å². The molecule has 0 saturated heterocycles. The van der Waals surface area contributed by atoms with E-state index in [9.17, 15) is 4.79 Å². The minimum Gasteiger partial charge on any atom is -0.482 e. The molecule has 0 unspecified atom stereocenters. The Morgan fingerprint density at radius 3 is 2.79 bits per heavy atom. The van der Waals surface area contributed by atoms with Crippen LogP contribution in [0.2, 0.25) is 0 Å². The number of carbonyl (C=O) groups is 1. The fraction of sp³-hybridized carbons (Fsp3) is 0.0833. The van der Waals surface area contributed by atoms with Crippen LogP contribution in [0.4, 0.5) is 17.3 Å². The standard InChI is InChI=1S/C24H20N6O2S/c25-33-19-3-1-2-18(13-19)28-24-27-11-8-20(29-24)17-4-5-22-21(12-17)30(23(31)15-32-22)14-16-6-9-26-10-7-16/h1-13H,14-15,25H2,(H,27,28,29). The van der Waals surface area contributed by atoms with Crippen molar-refractivity contribution in [2.45, 2.75) is 11.4 Å². The Balaban J connectivity index is 1.45. The number of hydrogen-bond acceptors (Lipinski definition) is 8. The molecule has 8 nitrogen and oxygen atoms in total. The van der Waals surface area contributed by atoms with Gasteiger partial charge < -0.3 is 15.0 Å². The number of pyridine rings is 1. The number of nitrogens with zero attached hydrogens (tertiary/aromatic N) is 4. The maximum absolute atomic E-state index is 12.7. The molecule has 2 aromatic carbocycles. The van der Waals surface area contributed by atoms with Crippen molar-refractivity contribution in [2.75, 3.05) is 16.8 Å². The predicted octanol–water partition coefficient (Wildman–Crippen LogP) is 4.17. The number of ether oxygens (including phenoxy) is 1. The Hall–Kier alpha value is -3.95. The predicted molar refractivity (Wildman–Crippen MR) is 128 cm³/mol. The van der Waals surface area contributed by atoms with E-state index in [2.05, 4.69) is 20.3 Å². The van der Waals surface area contributed by atoms with Gasteiger partial charge in [0.2, 0.25) is 5.95 Å². The van der Waals surface area contributed by atoms with E-state index < -0.39 is 0 Å². The summed E-state index contributed by atoms with van der Waals surface area (Å²) in [6.45, 7) is 0.451. The molecule has 0 aliphatic carbocycles. The first-order chi connectivity index (χ1) is 16.2. The molecule has 0 atom stereocenters. The Kier molecular flexibility index (Phi) is 5.88. The minimum absolute atomic E-state index is 0.0131. The van der Waals surface area contributed by atoms with Crippen LogP contribution < -0.4 is 20.1 Å². The molecule has 9 heteroatoms. The van der Waals surface area contributed by atoms with Crippen molar-refractivity contribution >= 4 is 35.2 Å². The normalized spacial score (nSPS) is 12.8. The molecule has 164 valence electrons. The zero-order valence-corrected chi connectivity index (χ0v) is 18.3. The van der Waals surface area contributed by atoms with Crippen LogP contribution in [0.25, 0.3) is 11.3 Å². The summed E-state index contributed by atoms with van der Waals surface area (Å²) in [4.78, 5) is 28.4. The van der Waals surface area contributed by atoms with Crippen LogP contribution in [0.5, 0.6) is 5.75 Å². The molecule has 0 fully saturated rings. The van der Waals surface area contributed by atoms with Crippen molar-refractivity contribution in [3.05, 3.63) is 84.8 Å². The summed E-state index contributed by atoms with van der Waals surface area (Å²) < 4.78 is 5.66. The second kappa shape index (κ2) is 9.27. The van der Waals surface area contributed by atoms with Crippen molar-refractivity contribution in [3.8, 4) is 17.0 Å². The Morgan fingerprint density at radius 1 is 1.06 bits per heavy atom. The molecule has 1 amide bonds. The van der Waals surface area contributed by atoms with Crippen molar-refractivity contribution in [3.63, 3.8) is 0 Å². The van der Waals surface area contributed by atoms with Crippen LogP contribution in [0.15, 0.2) is 84.1 Å². The molecular weight excluding hydrogens is 436 g/mol. The van der Waals surface area contributed by atoms with E-state index in [1.165, 1.54) is 11.9 Å². The van der Waals surface area contributed by atoms with Crippen molar-refractivity contribution < 1.29 is 9.53 Å². The zero-order valence-electron chi connectivity index (χ0n) is 17.5. The topological polar surface area (TPSA) is 106 Å². The smallest absolute Gasteiger partial charge is 0.265 e. The molecule has 0 radical (unpaired) electrons. The van der Waals surface area contributed by atoms with E-state index in [1.807, 2.05) is 60.7 Å². The van der Waals surface area contributed by atoms with Gasteiger partial charge in [0.05, 0.1) is 17.9 Å². The molecule has 1 aliphatic rings.